The molecule has 2 aromatic carbocycles. The first-order chi connectivity index (χ1) is 12.6. The van der Waals surface area contributed by atoms with Crippen LogP contribution >= 0.6 is 0 Å². The SMILES string of the molecule is COc1ccc(C=CC(=O)Nc2ccccc2C(=O)O)cc1CC1CC1. The summed E-state index contributed by atoms with van der Waals surface area (Å²) in [5, 5.41) is 11.8. The third-order valence-electron chi connectivity index (χ3n) is 4.35. The van der Waals surface area contributed by atoms with Crippen LogP contribution in [0.1, 0.15) is 34.3 Å². The number of anilines is 1. The molecule has 1 aliphatic rings. The monoisotopic (exact) mass is 351 g/mol. The third-order valence-corrected chi connectivity index (χ3v) is 4.35. The molecule has 1 amide bonds. The summed E-state index contributed by atoms with van der Waals surface area (Å²) in [5.74, 6) is 0.149. The summed E-state index contributed by atoms with van der Waals surface area (Å²) in [5.41, 5.74) is 2.39. The maximum Gasteiger partial charge on any atom is 0.337 e. The van der Waals surface area contributed by atoms with E-state index in [1.165, 1.54) is 25.0 Å². The highest BCUT2D eigenvalue weighted by Crippen LogP contribution is 2.35. The molecule has 2 N–H and O–H groups in total. The van der Waals surface area contributed by atoms with Crippen LogP contribution < -0.4 is 10.1 Å². The minimum absolute atomic E-state index is 0.0606. The molecule has 1 saturated carbocycles. The predicted octanol–water partition coefficient (Wildman–Crippen LogP) is 4.00. The first-order valence-corrected chi connectivity index (χ1v) is 8.55. The fourth-order valence-corrected chi connectivity index (χ4v) is 2.82. The average molecular weight is 351 g/mol. The van der Waals surface area contributed by atoms with E-state index in [9.17, 15) is 9.59 Å². The van der Waals surface area contributed by atoms with E-state index in [0.717, 1.165) is 29.2 Å². The Morgan fingerprint density at radius 1 is 1.23 bits per heavy atom. The Morgan fingerprint density at radius 3 is 2.69 bits per heavy atom. The molecule has 5 nitrogen and oxygen atoms in total. The van der Waals surface area contributed by atoms with E-state index in [-0.39, 0.29) is 17.2 Å². The van der Waals surface area contributed by atoms with Crippen molar-refractivity contribution in [2.45, 2.75) is 19.3 Å². The number of para-hydroxylation sites is 1. The van der Waals surface area contributed by atoms with Gasteiger partial charge in [0.15, 0.2) is 0 Å². The topological polar surface area (TPSA) is 75.6 Å². The second-order valence-electron chi connectivity index (χ2n) is 6.39. The van der Waals surface area contributed by atoms with Gasteiger partial charge < -0.3 is 15.2 Å². The Morgan fingerprint density at radius 2 is 2.00 bits per heavy atom. The lowest BCUT2D eigenvalue weighted by atomic mass is 10.0. The van der Waals surface area contributed by atoms with Gasteiger partial charge in [0, 0.05) is 6.08 Å². The molecule has 0 spiro atoms. The number of ether oxygens (including phenoxy) is 1. The number of carbonyl (C=O) groups is 2. The first kappa shape index (κ1) is 17.7. The maximum absolute atomic E-state index is 12.1. The number of methoxy groups -OCH3 is 1. The largest absolute Gasteiger partial charge is 0.496 e. The molecular weight excluding hydrogens is 330 g/mol. The van der Waals surface area contributed by atoms with Crippen molar-refractivity contribution in [2.75, 3.05) is 12.4 Å². The molecule has 0 atom stereocenters. The Kier molecular flexibility index (Phi) is 5.37. The van der Waals surface area contributed by atoms with E-state index >= 15 is 0 Å². The molecule has 0 radical (unpaired) electrons. The van der Waals surface area contributed by atoms with Crippen molar-refractivity contribution < 1.29 is 19.4 Å². The van der Waals surface area contributed by atoms with Gasteiger partial charge in [0.2, 0.25) is 5.91 Å². The van der Waals surface area contributed by atoms with Gasteiger partial charge in [-0.1, -0.05) is 18.2 Å². The lowest BCUT2D eigenvalue weighted by Crippen LogP contribution is -2.11. The predicted molar refractivity (Wildman–Crippen MR) is 100 cm³/mol. The van der Waals surface area contributed by atoms with Crippen molar-refractivity contribution in [3.63, 3.8) is 0 Å². The molecule has 1 fully saturated rings. The van der Waals surface area contributed by atoms with Gasteiger partial charge in [-0.15, -0.1) is 0 Å². The molecule has 134 valence electrons. The van der Waals surface area contributed by atoms with Crippen molar-refractivity contribution in [3.05, 3.63) is 65.2 Å². The number of carboxylic acids is 1. The first-order valence-electron chi connectivity index (χ1n) is 8.55. The number of rotatable bonds is 7. The zero-order valence-electron chi connectivity index (χ0n) is 14.6. The van der Waals surface area contributed by atoms with Gasteiger partial charge in [-0.2, -0.15) is 0 Å². The van der Waals surface area contributed by atoms with Crippen LogP contribution in [-0.4, -0.2) is 24.1 Å². The quantitative estimate of drug-likeness (QED) is 0.740. The minimum atomic E-state index is -1.08. The summed E-state index contributed by atoms with van der Waals surface area (Å²) < 4.78 is 5.41. The van der Waals surface area contributed by atoms with Crippen LogP contribution in [0.5, 0.6) is 5.75 Å². The van der Waals surface area contributed by atoms with Gasteiger partial charge in [0.25, 0.3) is 0 Å². The van der Waals surface area contributed by atoms with Crippen molar-refractivity contribution >= 4 is 23.6 Å². The summed E-state index contributed by atoms with van der Waals surface area (Å²) in [6.45, 7) is 0. The van der Waals surface area contributed by atoms with Crippen LogP contribution in [0.15, 0.2) is 48.5 Å². The summed E-state index contributed by atoms with van der Waals surface area (Å²) in [6, 6.07) is 12.2. The molecule has 0 saturated heterocycles. The van der Waals surface area contributed by atoms with Gasteiger partial charge in [0.1, 0.15) is 5.75 Å². The van der Waals surface area contributed by atoms with E-state index < -0.39 is 5.97 Å². The molecule has 0 aliphatic heterocycles. The number of carbonyl (C=O) groups excluding carboxylic acids is 1. The average Bonchev–Trinajstić information content (AvgIpc) is 3.44. The number of aromatic carboxylic acids is 1. The van der Waals surface area contributed by atoms with Gasteiger partial charge in [-0.3, -0.25) is 4.79 Å². The molecule has 0 bridgehead atoms. The summed E-state index contributed by atoms with van der Waals surface area (Å²) in [6.07, 6.45) is 6.63. The zero-order chi connectivity index (χ0) is 18.5. The van der Waals surface area contributed by atoms with Crippen LogP contribution in [0.2, 0.25) is 0 Å². The molecule has 0 aromatic heterocycles. The van der Waals surface area contributed by atoms with Crippen LogP contribution in [-0.2, 0) is 11.2 Å². The molecule has 0 unspecified atom stereocenters. The Labute approximate surface area is 152 Å². The highest BCUT2D eigenvalue weighted by molar-refractivity contribution is 6.06. The summed E-state index contributed by atoms with van der Waals surface area (Å²) in [4.78, 5) is 23.3. The lowest BCUT2D eigenvalue weighted by molar-refractivity contribution is -0.111. The van der Waals surface area contributed by atoms with Crippen molar-refractivity contribution in [1.82, 2.24) is 0 Å². The standard InChI is InChI=1S/C21H21NO4/c1-26-19-10-8-15(13-16(19)12-14-6-7-14)9-11-20(23)22-18-5-3-2-4-17(18)21(24)25/h2-5,8-11,13-14H,6-7,12H2,1H3,(H,22,23)(H,24,25). The fraction of sp³-hybridized carbons (Fsp3) is 0.238. The summed E-state index contributed by atoms with van der Waals surface area (Å²) >= 11 is 0. The zero-order valence-corrected chi connectivity index (χ0v) is 14.6. The van der Waals surface area contributed by atoms with Crippen LogP contribution in [0, 0.1) is 5.92 Å². The molecule has 2 aromatic rings. The molecular formula is C21H21NO4. The highest BCUT2D eigenvalue weighted by atomic mass is 16.5. The lowest BCUT2D eigenvalue weighted by Gasteiger charge is -2.09. The van der Waals surface area contributed by atoms with E-state index in [2.05, 4.69) is 5.32 Å². The van der Waals surface area contributed by atoms with Crippen LogP contribution in [0.3, 0.4) is 0 Å². The smallest absolute Gasteiger partial charge is 0.337 e. The molecule has 3 rings (SSSR count). The highest BCUT2D eigenvalue weighted by Gasteiger charge is 2.23. The number of nitrogens with one attached hydrogen (secondary N) is 1. The van der Waals surface area contributed by atoms with Crippen molar-refractivity contribution in [1.29, 1.82) is 0 Å². The fourth-order valence-electron chi connectivity index (χ4n) is 2.82. The second kappa shape index (κ2) is 7.87. The number of hydrogen-bond acceptors (Lipinski definition) is 3. The Bertz CT molecular complexity index is 853. The number of carboxylic acid groups (broad SMARTS) is 1. The maximum atomic E-state index is 12.1. The van der Waals surface area contributed by atoms with Gasteiger partial charge in [-0.25, -0.2) is 4.79 Å². The van der Waals surface area contributed by atoms with Crippen molar-refractivity contribution in [2.24, 2.45) is 5.92 Å². The Balaban J connectivity index is 1.71. The van der Waals surface area contributed by atoms with Gasteiger partial charge in [0.05, 0.1) is 18.4 Å². The molecule has 1 aliphatic carbocycles. The van der Waals surface area contributed by atoms with Gasteiger partial charge >= 0.3 is 5.97 Å². The van der Waals surface area contributed by atoms with Crippen LogP contribution in [0.4, 0.5) is 5.69 Å². The normalized spacial score (nSPS) is 13.6. The molecule has 0 heterocycles. The van der Waals surface area contributed by atoms with Crippen molar-refractivity contribution in [3.8, 4) is 5.75 Å². The van der Waals surface area contributed by atoms with E-state index in [1.807, 2.05) is 18.2 Å². The second-order valence-corrected chi connectivity index (χ2v) is 6.39. The van der Waals surface area contributed by atoms with E-state index in [1.54, 1.807) is 31.4 Å². The van der Waals surface area contributed by atoms with Gasteiger partial charge in [-0.05, 0) is 66.6 Å². The third kappa shape index (κ3) is 4.51. The number of amides is 1. The van der Waals surface area contributed by atoms with E-state index in [0.29, 0.717) is 0 Å². The van der Waals surface area contributed by atoms with E-state index in [4.69, 9.17) is 9.84 Å². The molecule has 26 heavy (non-hydrogen) atoms. The minimum Gasteiger partial charge on any atom is -0.496 e. The number of benzene rings is 2. The molecule has 5 heteroatoms. The van der Waals surface area contributed by atoms with Crippen LogP contribution in [0.25, 0.3) is 6.08 Å². The summed E-state index contributed by atoms with van der Waals surface area (Å²) in [7, 11) is 1.66. The Hall–Kier alpha value is -3.08. The number of hydrogen-bond donors (Lipinski definition) is 2.